The zero-order chi connectivity index (χ0) is 24.1. The molecule has 0 saturated carbocycles. The molecule has 0 aliphatic carbocycles. The Morgan fingerprint density at radius 1 is 1.06 bits per heavy atom. The first-order valence-corrected chi connectivity index (χ1v) is 11.0. The van der Waals surface area contributed by atoms with Gasteiger partial charge in [-0.05, 0) is 41.5 Å². The number of hydrogen-bond donors (Lipinski definition) is 2. The molecule has 0 aliphatic rings. The predicted octanol–water partition coefficient (Wildman–Crippen LogP) is 5.10. The summed E-state index contributed by atoms with van der Waals surface area (Å²) < 4.78 is 0. The predicted molar refractivity (Wildman–Crippen MR) is 136 cm³/mol. The minimum atomic E-state index is -0.456. The van der Waals surface area contributed by atoms with Gasteiger partial charge in [-0.3, -0.25) is 14.9 Å². The first-order chi connectivity index (χ1) is 16.4. The monoisotopic (exact) mass is 454 g/mol. The van der Waals surface area contributed by atoms with Crippen LogP contribution in [0.5, 0.6) is 0 Å². The minimum Gasteiger partial charge on any atom is -0.378 e. The third-order valence-electron chi connectivity index (χ3n) is 5.84. The van der Waals surface area contributed by atoms with Gasteiger partial charge >= 0.3 is 0 Å². The number of H-pyrrole nitrogens is 1. The summed E-state index contributed by atoms with van der Waals surface area (Å²) in [5, 5.41) is 15.3. The number of amides is 1. The molecule has 1 amide bonds. The number of carbonyl (C=O) groups excluding carboxylic acids is 1. The van der Waals surface area contributed by atoms with Gasteiger partial charge < -0.3 is 15.2 Å². The van der Waals surface area contributed by atoms with Gasteiger partial charge in [0.05, 0.1) is 10.5 Å². The highest BCUT2D eigenvalue weighted by Crippen LogP contribution is 2.31. The summed E-state index contributed by atoms with van der Waals surface area (Å²) >= 11 is 0. The average Bonchev–Trinajstić information content (AvgIpc) is 3.27. The number of aromatic nitrogens is 1. The molecule has 0 saturated heterocycles. The van der Waals surface area contributed by atoms with Crippen molar-refractivity contribution in [2.24, 2.45) is 0 Å². The second-order valence-corrected chi connectivity index (χ2v) is 8.22. The second kappa shape index (κ2) is 10.0. The van der Waals surface area contributed by atoms with Crippen molar-refractivity contribution in [3.05, 3.63) is 112 Å². The van der Waals surface area contributed by atoms with Gasteiger partial charge in [0.1, 0.15) is 0 Å². The largest absolute Gasteiger partial charge is 0.378 e. The van der Waals surface area contributed by atoms with Crippen LogP contribution in [0, 0.1) is 10.1 Å². The Labute approximate surface area is 197 Å². The molecule has 1 aromatic heterocycles. The molecule has 0 fully saturated rings. The fraction of sp³-hybridized carbons (Fsp3) is 0.148. The first-order valence-electron chi connectivity index (χ1n) is 11.0. The molecule has 1 heterocycles. The zero-order valence-corrected chi connectivity index (χ0v) is 19.1. The van der Waals surface area contributed by atoms with Gasteiger partial charge in [0.2, 0.25) is 5.91 Å². The Morgan fingerprint density at radius 3 is 2.50 bits per heavy atom. The van der Waals surface area contributed by atoms with Crippen LogP contribution < -0.4 is 10.2 Å². The lowest BCUT2D eigenvalue weighted by atomic mass is 9.90. The molecule has 0 aliphatic heterocycles. The summed E-state index contributed by atoms with van der Waals surface area (Å²) in [5.74, 6) is -0.385. The standard InChI is InChI=1S/C27H26N4O3/c1-30(2)21-14-11-19(12-15-21)23(24-18-28-25-9-5-4-8-22(24)25)17-29-27(32)16-13-20-7-3-6-10-26(20)31(33)34/h3-16,18,23,28H,17H2,1-2H3,(H,29,32)/b16-13+/t23-/m1/s1. The Hall–Kier alpha value is -4.39. The maximum Gasteiger partial charge on any atom is 0.276 e. The van der Waals surface area contributed by atoms with Crippen LogP contribution in [-0.4, -0.2) is 36.5 Å². The van der Waals surface area contributed by atoms with Gasteiger partial charge in [0, 0.05) is 61.5 Å². The number of rotatable bonds is 8. The summed E-state index contributed by atoms with van der Waals surface area (Å²) in [7, 11) is 3.99. The molecule has 7 nitrogen and oxygen atoms in total. The Bertz CT molecular complexity index is 1340. The number of carbonyl (C=O) groups is 1. The van der Waals surface area contributed by atoms with E-state index in [4.69, 9.17) is 0 Å². The number of nitro groups is 1. The number of nitrogens with zero attached hydrogens (tertiary/aromatic N) is 2. The van der Waals surface area contributed by atoms with Crippen molar-refractivity contribution in [3.8, 4) is 0 Å². The molecule has 0 unspecified atom stereocenters. The minimum absolute atomic E-state index is 0.0378. The van der Waals surface area contributed by atoms with Gasteiger partial charge in [0.15, 0.2) is 0 Å². The third kappa shape index (κ3) is 4.99. The van der Waals surface area contributed by atoms with E-state index >= 15 is 0 Å². The molecule has 4 rings (SSSR count). The quantitative estimate of drug-likeness (QED) is 0.220. The molecule has 7 heteroatoms. The lowest BCUT2D eigenvalue weighted by molar-refractivity contribution is -0.385. The maximum atomic E-state index is 12.6. The Kier molecular flexibility index (Phi) is 6.73. The number of fused-ring (bicyclic) bond motifs is 1. The van der Waals surface area contributed by atoms with Crippen LogP contribution in [0.1, 0.15) is 22.6 Å². The van der Waals surface area contributed by atoms with Crippen molar-refractivity contribution in [3.63, 3.8) is 0 Å². The molecule has 0 spiro atoms. The molecule has 2 N–H and O–H groups in total. The third-order valence-corrected chi connectivity index (χ3v) is 5.84. The van der Waals surface area contributed by atoms with Crippen molar-refractivity contribution in [2.75, 3.05) is 25.5 Å². The normalized spacial score (nSPS) is 12.1. The molecular formula is C27H26N4O3. The summed E-state index contributed by atoms with van der Waals surface area (Å²) in [6.45, 7) is 0.378. The SMILES string of the molecule is CN(C)c1ccc([C@@H](CNC(=O)/C=C/c2ccccc2[N+](=O)[O-])c2c[nH]c3ccccc23)cc1. The highest BCUT2D eigenvalue weighted by molar-refractivity contribution is 5.92. The van der Waals surface area contributed by atoms with E-state index < -0.39 is 4.92 Å². The molecule has 172 valence electrons. The van der Waals surface area contributed by atoms with Gasteiger partial charge in [-0.1, -0.05) is 42.5 Å². The maximum absolute atomic E-state index is 12.6. The van der Waals surface area contributed by atoms with Gasteiger partial charge in [-0.15, -0.1) is 0 Å². The molecule has 1 atom stereocenters. The summed E-state index contributed by atoms with van der Waals surface area (Å²) in [4.78, 5) is 28.7. The van der Waals surface area contributed by atoms with Gasteiger partial charge in [-0.2, -0.15) is 0 Å². The highest BCUT2D eigenvalue weighted by atomic mass is 16.6. The van der Waals surface area contributed by atoms with E-state index in [1.807, 2.05) is 43.4 Å². The lowest BCUT2D eigenvalue weighted by Gasteiger charge is -2.19. The first kappa shape index (κ1) is 22.8. The molecule has 0 bridgehead atoms. The van der Waals surface area contributed by atoms with E-state index in [2.05, 4.69) is 40.6 Å². The molecule has 4 aromatic rings. The molecule has 3 aromatic carbocycles. The summed E-state index contributed by atoms with van der Waals surface area (Å²) in [5.41, 5.74) is 4.65. The molecule has 0 radical (unpaired) electrons. The fourth-order valence-electron chi connectivity index (χ4n) is 4.02. The van der Waals surface area contributed by atoms with E-state index in [9.17, 15) is 14.9 Å². The highest BCUT2D eigenvalue weighted by Gasteiger charge is 2.19. The van der Waals surface area contributed by atoms with Crippen LogP contribution in [-0.2, 0) is 4.79 Å². The molecule has 34 heavy (non-hydrogen) atoms. The smallest absolute Gasteiger partial charge is 0.276 e. The van der Waals surface area contributed by atoms with Gasteiger partial charge in [0.25, 0.3) is 5.69 Å². The van der Waals surface area contributed by atoms with E-state index in [1.54, 1.807) is 18.2 Å². The fourth-order valence-corrected chi connectivity index (χ4v) is 4.02. The van der Waals surface area contributed by atoms with Crippen LogP contribution in [0.25, 0.3) is 17.0 Å². The van der Waals surface area contributed by atoms with E-state index in [-0.39, 0.29) is 17.5 Å². The van der Waals surface area contributed by atoms with E-state index in [1.165, 1.54) is 18.2 Å². The number of aromatic amines is 1. The number of anilines is 1. The number of nitro benzene ring substituents is 1. The zero-order valence-electron chi connectivity index (χ0n) is 19.1. The van der Waals surface area contributed by atoms with Crippen LogP contribution in [0.4, 0.5) is 11.4 Å². The second-order valence-electron chi connectivity index (χ2n) is 8.22. The number of para-hydroxylation sites is 2. The summed E-state index contributed by atoms with van der Waals surface area (Å²) in [6, 6.07) is 22.7. The van der Waals surface area contributed by atoms with Crippen molar-refractivity contribution in [2.45, 2.75) is 5.92 Å². The Morgan fingerprint density at radius 2 is 1.76 bits per heavy atom. The van der Waals surface area contributed by atoms with Crippen LogP contribution in [0.15, 0.2) is 85.1 Å². The number of nitrogens with one attached hydrogen (secondary N) is 2. The van der Waals surface area contributed by atoms with Crippen LogP contribution in [0.2, 0.25) is 0 Å². The van der Waals surface area contributed by atoms with E-state index in [0.717, 1.165) is 27.7 Å². The van der Waals surface area contributed by atoms with Crippen molar-refractivity contribution in [1.82, 2.24) is 10.3 Å². The van der Waals surface area contributed by atoms with Gasteiger partial charge in [-0.25, -0.2) is 0 Å². The summed E-state index contributed by atoms with van der Waals surface area (Å²) in [6.07, 6.45) is 4.80. The van der Waals surface area contributed by atoms with E-state index in [0.29, 0.717) is 12.1 Å². The Balaban J connectivity index is 1.58. The molecular weight excluding hydrogens is 428 g/mol. The number of hydrogen-bond acceptors (Lipinski definition) is 4. The van der Waals surface area contributed by atoms with Crippen LogP contribution in [0.3, 0.4) is 0 Å². The number of benzene rings is 3. The van der Waals surface area contributed by atoms with Crippen molar-refractivity contribution in [1.29, 1.82) is 0 Å². The lowest BCUT2D eigenvalue weighted by Crippen LogP contribution is -2.27. The van der Waals surface area contributed by atoms with Crippen LogP contribution >= 0.6 is 0 Å². The van der Waals surface area contributed by atoms with Crippen molar-refractivity contribution < 1.29 is 9.72 Å². The average molecular weight is 455 g/mol. The topological polar surface area (TPSA) is 91.3 Å². The van der Waals surface area contributed by atoms with Crippen molar-refractivity contribution >= 4 is 34.3 Å².